The quantitative estimate of drug-likeness (QED) is 0.771. The molecule has 15 heavy (non-hydrogen) atoms. The Morgan fingerprint density at radius 2 is 2.27 bits per heavy atom. The van der Waals surface area contributed by atoms with Crippen LogP contribution >= 0.6 is 0 Å². The van der Waals surface area contributed by atoms with Crippen LogP contribution in [0.1, 0.15) is 25.5 Å². The van der Waals surface area contributed by atoms with Crippen LogP contribution in [0.2, 0.25) is 0 Å². The maximum absolute atomic E-state index is 5.50. The van der Waals surface area contributed by atoms with Crippen LogP contribution in [0.3, 0.4) is 0 Å². The lowest BCUT2D eigenvalue weighted by Gasteiger charge is -2.24. The Labute approximate surface area is 92.3 Å². The molecule has 3 nitrogen and oxygen atoms in total. The van der Waals surface area contributed by atoms with Gasteiger partial charge in [-0.3, -0.25) is 9.88 Å². The first-order valence-corrected chi connectivity index (χ1v) is 5.54. The Hall–Kier alpha value is -0.930. The maximum Gasteiger partial charge on any atom is 0.0543 e. The van der Waals surface area contributed by atoms with Crippen LogP contribution in [-0.4, -0.2) is 29.5 Å². The Morgan fingerprint density at radius 1 is 1.47 bits per heavy atom. The van der Waals surface area contributed by atoms with Crippen molar-refractivity contribution in [2.75, 3.05) is 13.6 Å². The lowest BCUT2D eigenvalue weighted by Crippen LogP contribution is -2.29. The van der Waals surface area contributed by atoms with Gasteiger partial charge in [0.2, 0.25) is 0 Å². The highest BCUT2D eigenvalue weighted by molar-refractivity contribution is 5.03. The zero-order chi connectivity index (χ0) is 11.1. The lowest BCUT2D eigenvalue weighted by atomic mass is 10.1. The van der Waals surface area contributed by atoms with Gasteiger partial charge >= 0.3 is 0 Å². The maximum atomic E-state index is 5.50. The van der Waals surface area contributed by atoms with Gasteiger partial charge < -0.3 is 5.73 Å². The molecule has 1 rings (SSSR count). The van der Waals surface area contributed by atoms with Gasteiger partial charge in [0.05, 0.1) is 5.69 Å². The second kappa shape index (κ2) is 6.53. The fraction of sp³-hybridized carbons (Fsp3) is 0.583. The average molecular weight is 207 g/mol. The Morgan fingerprint density at radius 3 is 2.87 bits per heavy atom. The van der Waals surface area contributed by atoms with Gasteiger partial charge in [-0.1, -0.05) is 6.07 Å². The number of hydrogen-bond donors (Lipinski definition) is 1. The molecular weight excluding hydrogens is 186 g/mol. The summed E-state index contributed by atoms with van der Waals surface area (Å²) in [5.74, 6) is 0. The van der Waals surface area contributed by atoms with Crippen LogP contribution in [-0.2, 0) is 6.54 Å². The van der Waals surface area contributed by atoms with E-state index in [0.29, 0.717) is 6.04 Å². The molecule has 0 spiro atoms. The van der Waals surface area contributed by atoms with Crippen molar-refractivity contribution >= 4 is 0 Å². The summed E-state index contributed by atoms with van der Waals surface area (Å²) in [6.07, 6.45) is 4.08. The van der Waals surface area contributed by atoms with E-state index >= 15 is 0 Å². The lowest BCUT2D eigenvalue weighted by molar-refractivity contribution is 0.233. The Balaban J connectivity index is 2.38. The molecule has 1 heterocycles. The van der Waals surface area contributed by atoms with E-state index in [2.05, 4.69) is 29.9 Å². The van der Waals surface area contributed by atoms with E-state index in [-0.39, 0.29) is 0 Å². The summed E-state index contributed by atoms with van der Waals surface area (Å²) in [6.45, 7) is 3.92. The minimum atomic E-state index is 0.565. The number of aromatic nitrogens is 1. The molecule has 0 saturated heterocycles. The van der Waals surface area contributed by atoms with Crippen molar-refractivity contribution in [1.29, 1.82) is 0 Å². The fourth-order valence-electron chi connectivity index (χ4n) is 1.54. The Bertz CT molecular complexity index is 261. The second-order valence-corrected chi connectivity index (χ2v) is 4.02. The molecule has 0 radical (unpaired) electrons. The number of hydrogen-bond acceptors (Lipinski definition) is 3. The summed E-state index contributed by atoms with van der Waals surface area (Å²) < 4.78 is 0. The van der Waals surface area contributed by atoms with Crippen molar-refractivity contribution < 1.29 is 0 Å². The number of rotatable bonds is 6. The van der Waals surface area contributed by atoms with Crippen LogP contribution in [0.25, 0.3) is 0 Å². The normalized spacial score (nSPS) is 13.1. The van der Waals surface area contributed by atoms with Crippen LogP contribution in [0, 0.1) is 0 Å². The highest BCUT2D eigenvalue weighted by Crippen LogP contribution is 2.07. The summed E-state index contributed by atoms with van der Waals surface area (Å²) in [5.41, 5.74) is 6.62. The summed E-state index contributed by atoms with van der Waals surface area (Å²) in [6, 6.07) is 6.60. The highest BCUT2D eigenvalue weighted by atomic mass is 15.1. The van der Waals surface area contributed by atoms with E-state index in [0.717, 1.165) is 31.6 Å². The second-order valence-electron chi connectivity index (χ2n) is 4.02. The molecule has 1 aromatic rings. The first-order valence-electron chi connectivity index (χ1n) is 5.54. The predicted octanol–water partition coefficient (Wildman–Crippen LogP) is 1.64. The topological polar surface area (TPSA) is 42.1 Å². The molecule has 0 aromatic carbocycles. The van der Waals surface area contributed by atoms with Crippen molar-refractivity contribution in [1.82, 2.24) is 9.88 Å². The van der Waals surface area contributed by atoms with Crippen molar-refractivity contribution in [3.8, 4) is 0 Å². The number of nitrogens with zero attached hydrogens (tertiary/aromatic N) is 2. The monoisotopic (exact) mass is 207 g/mol. The number of pyridine rings is 1. The van der Waals surface area contributed by atoms with E-state index in [4.69, 9.17) is 5.73 Å². The van der Waals surface area contributed by atoms with E-state index in [1.807, 2.05) is 18.3 Å². The van der Waals surface area contributed by atoms with Gasteiger partial charge in [0.1, 0.15) is 0 Å². The van der Waals surface area contributed by atoms with Gasteiger partial charge in [-0.15, -0.1) is 0 Å². The smallest absolute Gasteiger partial charge is 0.0543 e. The highest BCUT2D eigenvalue weighted by Gasteiger charge is 2.08. The summed E-state index contributed by atoms with van der Waals surface area (Å²) in [5, 5.41) is 0. The molecule has 0 fully saturated rings. The van der Waals surface area contributed by atoms with Crippen LogP contribution in [0.15, 0.2) is 24.4 Å². The van der Waals surface area contributed by atoms with Crippen molar-refractivity contribution in [2.24, 2.45) is 5.73 Å². The molecular formula is C12H21N3. The summed E-state index contributed by atoms with van der Waals surface area (Å²) >= 11 is 0. The first kappa shape index (κ1) is 12.1. The molecule has 0 aliphatic rings. The third kappa shape index (κ3) is 4.40. The van der Waals surface area contributed by atoms with E-state index < -0.39 is 0 Å². The van der Waals surface area contributed by atoms with Crippen LogP contribution < -0.4 is 5.73 Å². The SMILES string of the molecule is CC(CCCN)N(C)Cc1ccccn1. The average Bonchev–Trinajstić information content (AvgIpc) is 2.27. The molecule has 0 aliphatic carbocycles. The van der Waals surface area contributed by atoms with E-state index in [9.17, 15) is 0 Å². The largest absolute Gasteiger partial charge is 0.330 e. The fourth-order valence-corrected chi connectivity index (χ4v) is 1.54. The van der Waals surface area contributed by atoms with Gasteiger partial charge in [-0.2, -0.15) is 0 Å². The minimum absolute atomic E-state index is 0.565. The zero-order valence-electron chi connectivity index (χ0n) is 9.69. The predicted molar refractivity (Wildman–Crippen MR) is 63.5 cm³/mol. The summed E-state index contributed by atoms with van der Waals surface area (Å²) in [7, 11) is 2.13. The molecule has 0 amide bonds. The van der Waals surface area contributed by atoms with Crippen LogP contribution in [0.5, 0.6) is 0 Å². The van der Waals surface area contributed by atoms with Gasteiger partial charge in [0, 0.05) is 18.8 Å². The van der Waals surface area contributed by atoms with E-state index in [1.165, 1.54) is 0 Å². The molecule has 84 valence electrons. The van der Waals surface area contributed by atoms with Gasteiger partial charge in [0.25, 0.3) is 0 Å². The Kier molecular flexibility index (Phi) is 5.29. The molecule has 2 N–H and O–H groups in total. The van der Waals surface area contributed by atoms with Gasteiger partial charge in [-0.25, -0.2) is 0 Å². The minimum Gasteiger partial charge on any atom is -0.330 e. The molecule has 0 saturated carbocycles. The van der Waals surface area contributed by atoms with Crippen molar-refractivity contribution in [3.05, 3.63) is 30.1 Å². The van der Waals surface area contributed by atoms with Gasteiger partial charge in [0.15, 0.2) is 0 Å². The zero-order valence-corrected chi connectivity index (χ0v) is 9.69. The molecule has 1 aromatic heterocycles. The molecule has 3 heteroatoms. The van der Waals surface area contributed by atoms with Crippen molar-refractivity contribution in [2.45, 2.75) is 32.4 Å². The third-order valence-electron chi connectivity index (χ3n) is 2.72. The standard InChI is InChI=1S/C12H21N3/c1-11(6-5-8-13)15(2)10-12-7-3-4-9-14-12/h3-4,7,9,11H,5-6,8,10,13H2,1-2H3. The number of nitrogens with two attached hydrogens (primary N) is 1. The summed E-state index contributed by atoms with van der Waals surface area (Å²) in [4.78, 5) is 6.63. The van der Waals surface area contributed by atoms with Crippen molar-refractivity contribution in [3.63, 3.8) is 0 Å². The first-order chi connectivity index (χ1) is 7.24. The van der Waals surface area contributed by atoms with E-state index in [1.54, 1.807) is 0 Å². The molecule has 1 atom stereocenters. The third-order valence-corrected chi connectivity index (χ3v) is 2.72. The molecule has 0 bridgehead atoms. The molecule has 0 aliphatic heterocycles. The van der Waals surface area contributed by atoms with Crippen LogP contribution in [0.4, 0.5) is 0 Å². The molecule has 1 unspecified atom stereocenters. The van der Waals surface area contributed by atoms with Gasteiger partial charge in [-0.05, 0) is 45.5 Å².